The van der Waals surface area contributed by atoms with Crippen LogP contribution >= 0.6 is 0 Å². The van der Waals surface area contributed by atoms with Gasteiger partial charge < -0.3 is 10.3 Å². The summed E-state index contributed by atoms with van der Waals surface area (Å²) >= 11 is 0. The molecule has 0 radical (unpaired) electrons. The first-order chi connectivity index (χ1) is 12.3. The van der Waals surface area contributed by atoms with Crippen molar-refractivity contribution in [2.75, 3.05) is 5.32 Å². The van der Waals surface area contributed by atoms with E-state index in [2.05, 4.69) is 25.3 Å². The minimum atomic E-state index is 0.792. The Morgan fingerprint density at radius 1 is 0.920 bits per heavy atom. The van der Waals surface area contributed by atoms with Gasteiger partial charge in [0.2, 0.25) is 0 Å². The highest BCUT2D eigenvalue weighted by Gasteiger charge is 2.13. The summed E-state index contributed by atoms with van der Waals surface area (Å²) in [5.74, 6) is 0.792. The zero-order valence-corrected chi connectivity index (χ0v) is 13.5. The molecule has 0 spiro atoms. The van der Waals surface area contributed by atoms with E-state index in [0.717, 1.165) is 49.9 Å². The number of aromatic nitrogens is 5. The van der Waals surface area contributed by atoms with E-state index in [4.69, 9.17) is 4.98 Å². The number of hydrogen-bond acceptors (Lipinski definition) is 5. The average molecular weight is 326 g/mol. The van der Waals surface area contributed by atoms with Crippen molar-refractivity contribution in [1.29, 1.82) is 0 Å². The number of H-pyrrole nitrogens is 1. The Kier molecular flexibility index (Phi) is 2.90. The van der Waals surface area contributed by atoms with E-state index in [1.165, 1.54) is 0 Å². The number of nitrogens with one attached hydrogen (secondary N) is 2. The highest BCUT2D eigenvalue weighted by atomic mass is 15.0. The SMILES string of the molecule is Cc1cc(Nc2nc3c4cnccc4[nH]c3c3cnccc23)ccn1. The second-order valence-electron chi connectivity index (χ2n) is 5.96. The summed E-state index contributed by atoms with van der Waals surface area (Å²) in [7, 11) is 0. The van der Waals surface area contributed by atoms with Crippen LogP contribution in [0, 0.1) is 6.92 Å². The van der Waals surface area contributed by atoms with Gasteiger partial charge in [-0.25, -0.2) is 4.98 Å². The maximum absolute atomic E-state index is 4.89. The van der Waals surface area contributed by atoms with Gasteiger partial charge in [0.1, 0.15) is 11.3 Å². The van der Waals surface area contributed by atoms with Crippen molar-refractivity contribution < 1.29 is 0 Å². The van der Waals surface area contributed by atoms with Crippen molar-refractivity contribution in [1.82, 2.24) is 24.9 Å². The summed E-state index contributed by atoms with van der Waals surface area (Å²) in [4.78, 5) is 21.1. The molecule has 5 rings (SSSR count). The fraction of sp³-hybridized carbons (Fsp3) is 0.0526. The van der Waals surface area contributed by atoms with Crippen LogP contribution < -0.4 is 5.32 Å². The fourth-order valence-electron chi connectivity index (χ4n) is 3.16. The molecule has 0 fully saturated rings. The van der Waals surface area contributed by atoms with Crippen LogP contribution in [0.15, 0.2) is 55.2 Å². The standard InChI is InChI=1S/C19H14N6/c1-11-8-12(2-7-22-11)23-19-13-3-5-20-9-14(13)17-18(25-19)15-10-21-6-4-16(15)24-17/h2-10,24H,1H3,(H,22,23,25). The molecule has 0 aliphatic heterocycles. The van der Waals surface area contributed by atoms with E-state index in [1.54, 1.807) is 18.6 Å². The molecule has 25 heavy (non-hydrogen) atoms. The number of nitrogens with zero attached hydrogens (tertiary/aromatic N) is 4. The van der Waals surface area contributed by atoms with Crippen LogP contribution in [0.2, 0.25) is 0 Å². The van der Waals surface area contributed by atoms with E-state index in [9.17, 15) is 0 Å². The number of aryl methyl sites for hydroxylation is 1. The van der Waals surface area contributed by atoms with Gasteiger partial charge >= 0.3 is 0 Å². The third-order valence-corrected chi connectivity index (χ3v) is 4.30. The van der Waals surface area contributed by atoms with E-state index in [1.807, 2.05) is 43.6 Å². The normalized spacial score (nSPS) is 11.4. The molecular formula is C19H14N6. The smallest absolute Gasteiger partial charge is 0.139 e. The van der Waals surface area contributed by atoms with Crippen LogP contribution in [0.4, 0.5) is 11.5 Å². The molecule has 6 heteroatoms. The van der Waals surface area contributed by atoms with Gasteiger partial charge in [-0.05, 0) is 31.2 Å². The Balaban J connectivity index is 1.83. The van der Waals surface area contributed by atoms with Crippen LogP contribution in [-0.2, 0) is 0 Å². The van der Waals surface area contributed by atoms with Gasteiger partial charge in [0, 0.05) is 58.5 Å². The van der Waals surface area contributed by atoms with Crippen molar-refractivity contribution in [3.8, 4) is 0 Å². The van der Waals surface area contributed by atoms with Gasteiger partial charge in [0.15, 0.2) is 0 Å². The summed E-state index contributed by atoms with van der Waals surface area (Å²) in [6, 6.07) is 7.86. The predicted molar refractivity (Wildman–Crippen MR) is 99.0 cm³/mol. The van der Waals surface area contributed by atoms with Crippen molar-refractivity contribution in [2.24, 2.45) is 0 Å². The molecule has 0 saturated carbocycles. The molecule has 5 heterocycles. The Morgan fingerprint density at radius 2 is 1.76 bits per heavy atom. The predicted octanol–water partition coefficient (Wildman–Crippen LogP) is 4.11. The number of anilines is 2. The lowest BCUT2D eigenvalue weighted by molar-refractivity contribution is 1.20. The van der Waals surface area contributed by atoms with Crippen molar-refractivity contribution in [2.45, 2.75) is 6.92 Å². The van der Waals surface area contributed by atoms with E-state index < -0.39 is 0 Å². The van der Waals surface area contributed by atoms with Crippen LogP contribution in [0.25, 0.3) is 32.7 Å². The average Bonchev–Trinajstić information content (AvgIpc) is 3.01. The number of rotatable bonds is 2. The Labute approximate surface area is 143 Å². The largest absolute Gasteiger partial charge is 0.353 e. The van der Waals surface area contributed by atoms with E-state index in [0.29, 0.717) is 0 Å². The molecule has 6 nitrogen and oxygen atoms in total. The molecule has 0 saturated heterocycles. The zero-order valence-electron chi connectivity index (χ0n) is 13.5. The summed E-state index contributed by atoms with van der Waals surface area (Å²) in [6.07, 6.45) is 9.05. The molecule has 0 atom stereocenters. The van der Waals surface area contributed by atoms with Crippen molar-refractivity contribution in [3.63, 3.8) is 0 Å². The summed E-state index contributed by atoms with van der Waals surface area (Å²) in [5, 5.41) is 6.45. The van der Waals surface area contributed by atoms with Crippen LogP contribution in [0.5, 0.6) is 0 Å². The van der Waals surface area contributed by atoms with E-state index in [-0.39, 0.29) is 0 Å². The van der Waals surface area contributed by atoms with E-state index >= 15 is 0 Å². The lowest BCUT2D eigenvalue weighted by atomic mass is 10.1. The second-order valence-corrected chi connectivity index (χ2v) is 5.96. The number of hydrogen-bond donors (Lipinski definition) is 2. The third-order valence-electron chi connectivity index (χ3n) is 4.30. The fourth-order valence-corrected chi connectivity index (χ4v) is 3.16. The first-order valence-corrected chi connectivity index (χ1v) is 7.98. The Bertz CT molecular complexity index is 1240. The molecule has 0 amide bonds. The molecule has 0 aliphatic carbocycles. The maximum atomic E-state index is 4.89. The Morgan fingerprint density at radius 3 is 2.64 bits per heavy atom. The second kappa shape index (κ2) is 5.24. The summed E-state index contributed by atoms with van der Waals surface area (Å²) in [6.45, 7) is 1.97. The topological polar surface area (TPSA) is 79.4 Å². The van der Waals surface area contributed by atoms with Gasteiger partial charge in [0.05, 0.1) is 11.0 Å². The lowest BCUT2D eigenvalue weighted by Gasteiger charge is -2.10. The van der Waals surface area contributed by atoms with Gasteiger partial charge in [-0.2, -0.15) is 0 Å². The molecule has 0 unspecified atom stereocenters. The minimum absolute atomic E-state index is 0.792. The first-order valence-electron chi connectivity index (χ1n) is 7.98. The Hall–Kier alpha value is -3.54. The number of aromatic amines is 1. The van der Waals surface area contributed by atoms with Gasteiger partial charge in [0.25, 0.3) is 0 Å². The monoisotopic (exact) mass is 326 g/mol. The molecule has 120 valence electrons. The van der Waals surface area contributed by atoms with Gasteiger partial charge in [-0.1, -0.05) is 0 Å². The van der Waals surface area contributed by atoms with Crippen LogP contribution in [-0.4, -0.2) is 24.9 Å². The highest BCUT2D eigenvalue weighted by molar-refractivity contribution is 6.17. The number of fused-ring (bicyclic) bond motifs is 5. The molecule has 0 aliphatic rings. The molecular weight excluding hydrogens is 312 g/mol. The summed E-state index contributed by atoms with van der Waals surface area (Å²) in [5.41, 5.74) is 4.78. The first kappa shape index (κ1) is 13.9. The molecule has 0 bridgehead atoms. The number of pyridine rings is 4. The molecule has 5 aromatic rings. The van der Waals surface area contributed by atoms with Gasteiger partial charge in [-0.15, -0.1) is 0 Å². The van der Waals surface area contributed by atoms with Crippen molar-refractivity contribution >= 4 is 44.2 Å². The summed E-state index contributed by atoms with van der Waals surface area (Å²) < 4.78 is 0. The zero-order chi connectivity index (χ0) is 16.8. The molecule has 0 aromatic carbocycles. The van der Waals surface area contributed by atoms with Gasteiger partial charge in [-0.3, -0.25) is 15.0 Å². The molecule has 5 aromatic heterocycles. The van der Waals surface area contributed by atoms with Crippen LogP contribution in [0.1, 0.15) is 5.69 Å². The van der Waals surface area contributed by atoms with Crippen molar-refractivity contribution in [3.05, 3.63) is 60.9 Å². The third kappa shape index (κ3) is 2.19. The maximum Gasteiger partial charge on any atom is 0.139 e. The molecule has 2 N–H and O–H groups in total. The minimum Gasteiger partial charge on any atom is -0.353 e. The highest BCUT2D eigenvalue weighted by Crippen LogP contribution is 2.33. The quantitative estimate of drug-likeness (QED) is 0.510. The lowest BCUT2D eigenvalue weighted by Crippen LogP contribution is -1.97. The van der Waals surface area contributed by atoms with Crippen LogP contribution in [0.3, 0.4) is 0 Å².